The lowest BCUT2D eigenvalue weighted by Crippen LogP contribution is -1.93. The van der Waals surface area contributed by atoms with Crippen molar-refractivity contribution in [3.8, 4) is 5.75 Å². The first-order valence-corrected chi connectivity index (χ1v) is 5.37. The van der Waals surface area contributed by atoms with Gasteiger partial charge in [0.1, 0.15) is 11.3 Å². The van der Waals surface area contributed by atoms with Gasteiger partial charge in [0, 0.05) is 17.5 Å². The molecule has 0 atom stereocenters. The Morgan fingerprint density at radius 3 is 2.93 bits per heavy atom. The van der Waals surface area contributed by atoms with Crippen LogP contribution in [0.4, 0.5) is 0 Å². The molecule has 0 radical (unpaired) electrons. The Labute approximate surface area is 93.8 Å². The summed E-state index contributed by atoms with van der Waals surface area (Å²) in [7, 11) is 1.66. The van der Waals surface area contributed by atoms with Crippen LogP contribution < -0.4 is 4.74 Å². The molecule has 0 aliphatic rings. The maximum absolute atomic E-state index is 5.76. The van der Waals surface area contributed by atoms with E-state index >= 15 is 0 Å². The summed E-state index contributed by atoms with van der Waals surface area (Å²) < 4.78 is 5.27. The topological polar surface area (TPSA) is 22.1 Å². The van der Waals surface area contributed by atoms with Crippen molar-refractivity contribution in [1.29, 1.82) is 0 Å². The summed E-state index contributed by atoms with van der Waals surface area (Å²) in [5.41, 5.74) is 2.12. The quantitative estimate of drug-likeness (QED) is 0.744. The van der Waals surface area contributed by atoms with Gasteiger partial charge < -0.3 is 4.74 Å². The van der Waals surface area contributed by atoms with Crippen molar-refractivity contribution >= 4 is 22.5 Å². The van der Waals surface area contributed by atoms with Crippen LogP contribution in [-0.2, 0) is 6.42 Å². The third kappa shape index (κ3) is 1.90. The number of pyridine rings is 1. The minimum atomic E-state index is 0.621. The van der Waals surface area contributed by atoms with E-state index in [0.717, 1.165) is 23.1 Å². The number of fused-ring (bicyclic) bond motifs is 1. The largest absolute Gasteiger partial charge is 0.494 e. The number of hydrogen-bond acceptors (Lipinski definition) is 2. The number of aryl methyl sites for hydroxylation is 1. The van der Waals surface area contributed by atoms with Crippen LogP contribution in [-0.4, -0.2) is 18.0 Å². The molecule has 0 fully saturated rings. The standard InChI is InChI=1S/C12H12ClNO/c1-15-11-5-4-9(6-7-13)10-3-2-8-14-12(10)11/h2-5,8H,6-7H2,1H3. The van der Waals surface area contributed by atoms with Crippen molar-refractivity contribution in [2.24, 2.45) is 0 Å². The Morgan fingerprint density at radius 2 is 2.20 bits per heavy atom. The highest BCUT2D eigenvalue weighted by Crippen LogP contribution is 2.26. The molecule has 0 aliphatic heterocycles. The summed E-state index contributed by atoms with van der Waals surface area (Å²) in [5, 5.41) is 1.12. The van der Waals surface area contributed by atoms with Crippen molar-refractivity contribution < 1.29 is 4.74 Å². The second kappa shape index (κ2) is 4.49. The molecule has 2 rings (SSSR count). The fourth-order valence-corrected chi connectivity index (χ4v) is 1.89. The third-order valence-corrected chi connectivity index (χ3v) is 2.60. The van der Waals surface area contributed by atoms with Crippen LogP contribution in [0.3, 0.4) is 0 Å². The molecule has 0 spiro atoms. The van der Waals surface area contributed by atoms with E-state index in [1.165, 1.54) is 5.56 Å². The van der Waals surface area contributed by atoms with Crippen molar-refractivity contribution in [1.82, 2.24) is 4.98 Å². The van der Waals surface area contributed by atoms with E-state index in [2.05, 4.69) is 4.98 Å². The monoisotopic (exact) mass is 221 g/mol. The zero-order valence-corrected chi connectivity index (χ0v) is 9.29. The zero-order valence-electron chi connectivity index (χ0n) is 8.53. The molecule has 0 aliphatic carbocycles. The minimum absolute atomic E-state index is 0.621. The zero-order chi connectivity index (χ0) is 10.7. The van der Waals surface area contributed by atoms with Crippen LogP contribution in [0.5, 0.6) is 5.75 Å². The van der Waals surface area contributed by atoms with Gasteiger partial charge in [-0.2, -0.15) is 0 Å². The molecular weight excluding hydrogens is 210 g/mol. The fraction of sp³-hybridized carbons (Fsp3) is 0.250. The van der Waals surface area contributed by atoms with Crippen LogP contribution in [0.15, 0.2) is 30.5 Å². The number of alkyl halides is 1. The first-order valence-electron chi connectivity index (χ1n) is 4.83. The van der Waals surface area contributed by atoms with Crippen molar-refractivity contribution in [3.05, 3.63) is 36.0 Å². The highest BCUT2D eigenvalue weighted by molar-refractivity contribution is 6.18. The smallest absolute Gasteiger partial charge is 0.145 e. The highest BCUT2D eigenvalue weighted by Gasteiger charge is 2.06. The SMILES string of the molecule is COc1ccc(CCCl)c2cccnc12. The molecule has 3 heteroatoms. The summed E-state index contributed by atoms with van der Waals surface area (Å²) in [4.78, 5) is 4.33. The number of ether oxygens (including phenoxy) is 1. The first kappa shape index (κ1) is 10.2. The molecule has 15 heavy (non-hydrogen) atoms. The van der Waals surface area contributed by atoms with Gasteiger partial charge in [-0.15, -0.1) is 11.6 Å². The van der Waals surface area contributed by atoms with Crippen LogP contribution >= 0.6 is 11.6 Å². The second-order valence-corrected chi connectivity index (χ2v) is 3.64. The molecule has 0 N–H and O–H groups in total. The van der Waals surface area contributed by atoms with E-state index in [1.54, 1.807) is 13.3 Å². The maximum Gasteiger partial charge on any atom is 0.145 e. The van der Waals surface area contributed by atoms with Crippen LogP contribution in [0, 0.1) is 0 Å². The number of halogens is 1. The Hall–Kier alpha value is -1.28. The van der Waals surface area contributed by atoms with Crippen LogP contribution in [0.2, 0.25) is 0 Å². The van der Waals surface area contributed by atoms with Gasteiger partial charge in [-0.05, 0) is 24.1 Å². The summed E-state index contributed by atoms with van der Waals surface area (Å²) in [5.74, 6) is 1.43. The first-order chi connectivity index (χ1) is 7.36. The Bertz CT molecular complexity index is 470. The van der Waals surface area contributed by atoms with Gasteiger partial charge >= 0.3 is 0 Å². The lowest BCUT2D eigenvalue weighted by Gasteiger charge is -2.08. The Balaban J connectivity index is 2.66. The molecule has 0 saturated heterocycles. The average molecular weight is 222 g/mol. The van der Waals surface area contributed by atoms with Gasteiger partial charge in [0.05, 0.1) is 7.11 Å². The van der Waals surface area contributed by atoms with E-state index in [-0.39, 0.29) is 0 Å². The summed E-state index contributed by atoms with van der Waals surface area (Å²) >= 11 is 5.76. The van der Waals surface area contributed by atoms with Gasteiger partial charge in [-0.3, -0.25) is 4.98 Å². The van der Waals surface area contributed by atoms with Gasteiger partial charge in [0.2, 0.25) is 0 Å². The van der Waals surface area contributed by atoms with Crippen LogP contribution in [0.25, 0.3) is 10.9 Å². The average Bonchev–Trinajstić information content (AvgIpc) is 2.30. The molecule has 1 aromatic carbocycles. The molecule has 0 saturated carbocycles. The normalized spacial score (nSPS) is 10.5. The summed E-state index contributed by atoms with van der Waals surface area (Å²) in [6, 6.07) is 7.97. The van der Waals surface area contributed by atoms with E-state index in [1.807, 2.05) is 24.3 Å². The number of aromatic nitrogens is 1. The van der Waals surface area contributed by atoms with Gasteiger partial charge in [0.15, 0.2) is 0 Å². The van der Waals surface area contributed by atoms with Crippen molar-refractivity contribution in [2.75, 3.05) is 13.0 Å². The summed E-state index contributed by atoms with van der Waals surface area (Å²) in [6.45, 7) is 0. The molecule has 78 valence electrons. The molecule has 2 nitrogen and oxygen atoms in total. The number of benzene rings is 1. The fourth-order valence-electron chi connectivity index (χ4n) is 1.69. The van der Waals surface area contributed by atoms with Gasteiger partial charge in [-0.25, -0.2) is 0 Å². The highest BCUT2D eigenvalue weighted by atomic mass is 35.5. The van der Waals surface area contributed by atoms with E-state index < -0.39 is 0 Å². The number of nitrogens with zero attached hydrogens (tertiary/aromatic N) is 1. The lowest BCUT2D eigenvalue weighted by molar-refractivity contribution is 0.419. The Kier molecular flexibility index (Phi) is 3.07. The van der Waals surface area contributed by atoms with Crippen molar-refractivity contribution in [2.45, 2.75) is 6.42 Å². The maximum atomic E-state index is 5.76. The van der Waals surface area contributed by atoms with Gasteiger partial charge in [0.25, 0.3) is 0 Å². The predicted molar refractivity (Wildman–Crippen MR) is 62.7 cm³/mol. The third-order valence-electron chi connectivity index (χ3n) is 2.41. The number of hydrogen-bond donors (Lipinski definition) is 0. The second-order valence-electron chi connectivity index (χ2n) is 3.27. The Morgan fingerprint density at radius 1 is 1.33 bits per heavy atom. The molecule has 2 aromatic rings. The van der Waals surface area contributed by atoms with Gasteiger partial charge in [-0.1, -0.05) is 12.1 Å². The van der Waals surface area contributed by atoms with E-state index in [4.69, 9.17) is 16.3 Å². The van der Waals surface area contributed by atoms with Crippen LogP contribution in [0.1, 0.15) is 5.56 Å². The van der Waals surface area contributed by atoms with E-state index in [9.17, 15) is 0 Å². The molecule has 0 amide bonds. The molecule has 1 aromatic heterocycles. The molecule has 0 unspecified atom stereocenters. The predicted octanol–water partition coefficient (Wildman–Crippen LogP) is 3.02. The number of methoxy groups -OCH3 is 1. The number of rotatable bonds is 3. The lowest BCUT2D eigenvalue weighted by atomic mass is 10.1. The van der Waals surface area contributed by atoms with Crippen molar-refractivity contribution in [3.63, 3.8) is 0 Å². The minimum Gasteiger partial charge on any atom is -0.494 e. The summed E-state index contributed by atoms with van der Waals surface area (Å²) in [6.07, 6.45) is 2.63. The molecule has 0 bridgehead atoms. The molecular formula is C12H12ClNO. The molecule has 1 heterocycles. The van der Waals surface area contributed by atoms with E-state index in [0.29, 0.717) is 5.88 Å².